The van der Waals surface area contributed by atoms with Crippen LogP contribution < -0.4 is 10.1 Å². The van der Waals surface area contributed by atoms with Gasteiger partial charge in [-0.3, -0.25) is 4.79 Å². The van der Waals surface area contributed by atoms with Gasteiger partial charge in [0.1, 0.15) is 5.75 Å². The van der Waals surface area contributed by atoms with E-state index in [4.69, 9.17) is 16.3 Å². The van der Waals surface area contributed by atoms with Crippen molar-refractivity contribution in [1.82, 2.24) is 0 Å². The molecule has 1 amide bonds. The zero-order chi connectivity index (χ0) is 14.5. The van der Waals surface area contributed by atoms with Crippen LogP contribution in [-0.2, 0) is 4.79 Å². The Morgan fingerprint density at radius 2 is 2.05 bits per heavy atom. The molecule has 0 fully saturated rings. The number of hydrogen-bond donors (Lipinski definition) is 1. The molecule has 0 aromatic heterocycles. The molecule has 0 heterocycles. The molecule has 0 aliphatic heterocycles. The number of nitrogens with one attached hydrogen (secondary N) is 1. The highest BCUT2D eigenvalue weighted by atomic mass is 127. The quantitative estimate of drug-likeness (QED) is 0.662. The maximum Gasteiger partial charge on any atom is 0.262 e. The first-order valence-corrected chi connectivity index (χ1v) is 7.93. The Morgan fingerprint density at radius 1 is 1.30 bits per heavy atom. The minimum absolute atomic E-state index is 0.0643. The standard InChI is InChI=1S/C14H10BrClINO2/c15-10-7-9(16)5-6-13(10)20-8-14(19)18-12-4-2-1-3-11(12)17/h1-7H,8H2,(H,18,19). The fourth-order valence-electron chi connectivity index (χ4n) is 1.48. The Bertz CT molecular complexity index is 636. The molecule has 3 nitrogen and oxygen atoms in total. The molecule has 0 bridgehead atoms. The summed E-state index contributed by atoms with van der Waals surface area (Å²) in [5.41, 5.74) is 0.775. The average molecular weight is 466 g/mol. The number of ether oxygens (including phenoxy) is 1. The molecule has 0 saturated heterocycles. The summed E-state index contributed by atoms with van der Waals surface area (Å²) in [4.78, 5) is 11.8. The van der Waals surface area contributed by atoms with E-state index in [9.17, 15) is 4.79 Å². The Labute approximate surface area is 143 Å². The van der Waals surface area contributed by atoms with Crippen LogP contribution in [0.4, 0.5) is 5.69 Å². The van der Waals surface area contributed by atoms with Crippen LogP contribution in [0.15, 0.2) is 46.9 Å². The summed E-state index contributed by atoms with van der Waals surface area (Å²) in [6, 6.07) is 12.7. The van der Waals surface area contributed by atoms with E-state index >= 15 is 0 Å². The van der Waals surface area contributed by atoms with Gasteiger partial charge in [-0.15, -0.1) is 0 Å². The number of carbonyl (C=O) groups excluding carboxylic acids is 1. The van der Waals surface area contributed by atoms with Crippen LogP contribution in [0, 0.1) is 3.57 Å². The number of halogens is 3. The van der Waals surface area contributed by atoms with E-state index in [1.807, 2.05) is 24.3 Å². The van der Waals surface area contributed by atoms with Crippen LogP contribution in [0.3, 0.4) is 0 Å². The van der Waals surface area contributed by atoms with E-state index < -0.39 is 0 Å². The van der Waals surface area contributed by atoms with Crippen LogP contribution in [-0.4, -0.2) is 12.5 Å². The van der Waals surface area contributed by atoms with Crippen LogP contribution in [0.2, 0.25) is 5.02 Å². The highest BCUT2D eigenvalue weighted by Gasteiger charge is 2.08. The normalized spacial score (nSPS) is 10.2. The Kier molecular flexibility index (Phi) is 5.68. The maximum absolute atomic E-state index is 11.8. The van der Waals surface area contributed by atoms with Crippen molar-refractivity contribution in [2.24, 2.45) is 0 Å². The number of rotatable bonds is 4. The number of para-hydroxylation sites is 1. The van der Waals surface area contributed by atoms with Crippen molar-refractivity contribution in [2.45, 2.75) is 0 Å². The summed E-state index contributed by atoms with van der Waals surface area (Å²) in [6.45, 7) is -0.0643. The van der Waals surface area contributed by atoms with Crippen LogP contribution in [0.5, 0.6) is 5.75 Å². The van der Waals surface area contributed by atoms with E-state index in [0.717, 1.165) is 9.26 Å². The topological polar surface area (TPSA) is 38.3 Å². The smallest absolute Gasteiger partial charge is 0.262 e. The summed E-state index contributed by atoms with van der Waals surface area (Å²) in [5.74, 6) is 0.364. The number of benzene rings is 2. The molecule has 2 rings (SSSR count). The number of hydrogen-bond acceptors (Lipinski definition) is 2. The van der Waals surface area contributed by atoms with Gasteiger partial charge in [-0.2, -0.15) is 0 Å². The first-order valence-electron chi connectivity index (χ1n) is 5.68. The molecule has 2 aromatic carbocycles. The Hall–Kier alpha value is -0.790. The van der Waals surface area contributed by atoms with Crippen molar-refractivity contribution >= 4 is 61.7 Å². The van der Waals surface area contributed by atoms with Gasteiger partial charge in [-0.25, -0.2) is 0 Å². The molecule has 104 valence electrons. The largest absolute Gasteiger partial charge is 0.483 e. The third-order valence-corrected chi connectivity index (χ3v) is 4.20. The van der Waals surface area contributed by atoms with Crippen LogP contribution in [0.1, 0.15) is 0 Å². The van der Waals surface area contributed by atoms with Crippen LogP contribution >= 0.6 is 50.1 Å². The molecule has 2 aromatic rings. The van der Waals surface area contributed by atoms with Gasteiger partial charge in [0.25, 0.3) is 5.91 Å². The van der Waals surface area contributed by atoms with Gasteiger partial charge in [0.15, 0.2) is 6.61 Å². The molecule has 0 radical (unpaired) electrons. The lowest BCUT2D eigenvalue weighted by Crippen LogP contribution is -2.20. The van der Waals surface area contributed by atoms with Crippen molar-refractivity contribution in [3.05, 3.63) is 55.5 Å². The lowest BCUT2D eigenvalue weighted by atomic mass is 10.3. The minimum Gasteiger partial charge on any atom is -0.483 e. The van der Waals surface area contributed by atoms with E-state index in [-0.39, 0.29) is 12.5 Å². The molecule has 0 aliphatic rings. The van der Waals surface area contributed by atoms with Gasteiger partial charge in [0.05, 0.1) is 10.2 Å². The lowest BCUT2D eigenvalue weighted by Gasteiger charge is -2.10. The second-order valence-electron chi connectivity index (χ2n) is 3.89. The molecule has 0 atom stereocenters. The van der Waals surface area contributed by atoms with E-state index in [2.05, 4.69) is 43.8 Å². The minimum atomic E-state index is -0.212. The van der Waals surface area contributed by atoms with Gasteiger partial charge in [-0.05, 0) is 68.9 Å². The molecule has 20 heavy (non-hydrogen) atoms. The molecule has 0 spiro atoms. The maximum atomic E-state index is 11.8. The van der Waals surface area contributed by atoms with E-state index in [1.165, 1.54) is 0 Å². The molecule has 0 unspecified atom stereocenters. The number of carbonyl (C=O) groups is 1. The van der Waals surface area contributed by atoms with Crippen molar-refractivity contribution in [3.63, 3.8) is 0 Å². The molecular weight excluding hydrogens is 456 g/mol. The van der Waals surface area contributed by atoms with Crippen molar-refractivity contribution < 1.29 is 9.53 Å². The predicted molar refractivity (Wildman–Crippen MR) is 92.4 cm³/mol. The predicted octanol–water partition coefficient (Wildman–Crippen LogP) is 4.72. The SMILES string of the molecule is O=C(COc1ccc(Cl)cc1Br)Nc1ccccc1I. The van der Waals surface area contributed by atoms with E-state index in [0.29, 0.717) is 15.2 Å². The highest BCUT2D eigenvalue weighted by Crippen LogP contribution is 2.28. The number of anilines is 1. The monoisotopic (exact) mass is 465 g/mol. The lowest BCUT2D eigenvalue weighted by molar-refractivity contribution is -0.118. The van der Waals surface area contributed by atoms with Crippen molar-refractivity contribution in [1.29, 1.82) is 0 Å². The van der Waals surface area contributed by atoms with Gasteiger partial charge >= 0.3 is 0 Å². The summed E-state index contributed by atoms with van der Waals surface area (Å²) >= 11 is 11.3. The fourth-order valence-corrected chi connectivity index (χ4v) is 2.80. The second-order valence-corrected chi connectivity index (χ2v) is 6.34. The van der Waals surface area contributed by atoms with Crippen molar-refractivity contribution in [2.75, 3.05) is 11.9 Å². The van der Waals surface area contributed by atoms with Gasteiger partial charge in [0.2, 0.25) is 0 Å². The molecule has 0 aliphatic carbocycles. The summed E-state index contributed by atoms with van der Waals surface area (Å²) in [6.07, 6.45) is 0. The number of amides is 1. The molecular formula is C14H10BrClINO2. The fraction of sp³-hybridized carbons (Fsp3) is 0.0714. The molecule has 6 heteroatoms. The van der Waals surface area contributed by atoms with Gasteiger partial charge in [0, 0.05) is 8.59 Å². The summed E-state index contributed by atoms with van der Waals surface area (Å²) < 4.78 is 7.14. The molecule has 0 saturated carbocycles. The highest BCUT2D eigenvalue weighted by molar-refractivity contribution is 14.1. The Balaban J connectivity index is 1.94. The average Bonchev–Trinajstić information content (AvgIpc) is 2.40. The third-order valence-electron chi connectivity index (χ3n) is 2.40. The second kappa shape index (κ2) is 7.28. The van der Waals surface area contributed by atoms with E-state index in [1.54, 1.807) is 18.2 Å². The van der Waals surface area contributed by atoms with Gasteiger partial charge < -0.3 is 10.1 Å². The molecule has 1 N–H and O–H groups in total. The zero-order valence-corrected chi connectivity index (χ0v) is 14.7. The first kappa shape index (κ1) is 15.6. The Morgan fingerprint density at radius 3 is 2.75 bits per heavy atom. The van der Waals surface area contributed by atoms with Crippen molar-refractivity contribution in [3.8, 4) is 5.75 Å². The van der Waals surface area contributed by atoms with Crippen LogP contribution in [0.25, 0.3) is 0 Å². The zero-order valence-electron chi connectivity index (χ0n) is 10.2. The summed E-state index contributed by atoms with van der Waals surface area (Å²) in [7, 11) is 0. The third kappa shape index (κ3) is 4.36. The summed E-state index contributed by atoms with van der Waals surface area (Å²) in [5, 5.41) is 3.40. The van der Waals surface area contributed by atoms with Gasteiger partial charge in [-0.1, -0.05) is 23.7 Å². The first-order chi connectivity index (χ1) is 9.56.